The Labute approximate surface area is 185 Å². The van der Waals surface area contributed by atoms with Crippen molar-refractivity contribution < 1.29 is 17.9 Å². The lowest BCUT2D eigenvalue weighted by Gasteiger charge is -2.13. The number of nitrogens with zero attached hydrogens (tertiary/aromatic N) is 3. The molecule has 1 heterocycles. The van der Waals surface area contributed by atoms with Crippen LogP contribution in [0.25, 0.3) is 0 Å². The summed E-state index contributed by atoms with van der Waals surface area (Å²) in [6.45, 7) is 3.94. The first-order valence-electron chi connectivity index (χ1n) is 8.91. The van der Waals surface area contributed by atoms with Gasteiger partial charge in [0.25, 0.3) is 0 Å². The molecule has 0 saturated heterocycles. The molecule has 2 aromatic rings. The first-order chi connectivity index (χ1) is 13.2. The molecule has 2 N–H and O–H groups in total. The van der Waals surface area contributed by atoms with Gasteiger partial charge in [0, 0.05) is 32.9 Å². The highest BCUT2D eigenvalue weighted by Crippen LogP contribution is 2.18. The fourth-order valence-corrected chi connectivity index (χ4v) is 2.76. The van der Waals surface area contributed by atoms with Crippen molar-refractivity contribution in [2.45, 2.75) is 33.0 Å². The zero-order valence-electron chi connectivity index (χ0n) is 16.9. The van der Waals surface area contributed by atoms with Crippen LogP contribution in [0.3, 0.4) is 0 Å². The smallest absolute Gasteiger partial charge is 0.422 e. The summed E-state index contributed by atoms with van der Waals surface area (Å²) in [5.41, 5.74) is 4.30. The molecule has 0 fully saturated rings. The fraction of sp³-hybridized carbons (Fsp3) is 0.474. The minimum atomic E-state index is -4.34. The van der Waals surface area contributed by atoms with Crippen LogP contribution in [0.2, 0.25) is 0 Å². The number of alkyl halides is 3. The number of hydrogen-bond acceptors (Lipinski definition) is 3. The summed E-state index contributed by atoms with van der Waals surface area (Å²) in [6.07, 6.45) is -3.51. The number of nitrogens with one attached hydrogen (secondary N) is 2. The SMILES string of the molecule is CN=C(NCCc1c(C)nn(C)c1C)NCc1ccc(OCC(F)(F)F)cc1.I. The van der Waals surface area contributed by atoms with Crippen molar-refractivity contribution in [1.29, 1.82) is 0 Å². The number of hydrogen-bond donors (Lipinski definition) is 2. The predicted octanol–water partition coefficient (Wildman–Crippen LogP) is 3.50. The molecule has 0 atom stereocenters. The maximum Gasteiger partial charge on any atom is 0.422 e. The Bertz CT molecular complexity index is 803. The average molecular weight is 525 g/mol. The van der Waals surface area contributed by atoms with Gasteiger partial charge in [0.15, 0.2) is 12.6 Å². The third-order valence-electron chi connectivity index (χ3n) is 4.34. The van der Waals surface area contributed by atoms with Gasteiger partial charge < -0.3 is 15.4 Å². The van der Waals surface area contributed by atoms with Crippen LogP contribution in [0, 0.1) is 13.8 Å². The first kappa shape index (κ1) is 25.1. The van der Waals surface area contributed by atoms with Crippen molar-refractivity contribution in [3.63, 3.8) is 0 Å². The molecule has 0 unspecified atom stereocenters. The molecule has 1 aromatic heterocycles. The van der Waals surface area contributed by atoms with E-state index in [2.05, 4.69) is 20.7 Å². The van der Waals surface area contributed by atoms with Crippen molar-refractivity contribution >= 4 is 29.9 Å². The zero-order chi connectivity index (χ0) is 20.7. The highest BCUT2D eigenvalue weighted by atomic mass is 127. The molecule has 10 heteroatoms. The van der Waals surface area contributed by atoms with Crippen LogP contribution in [-0.2, 0) is 20.0 Å². The number of aromatic nitrogens is 2. The van der Waals surface area contributed by atoms with Crippen LogP contribution in [0.15, 0.2) is 29.3 Å². The number of guanidine groups is 1. The Morgan fingerprint density at radius 2 is 1.83 bits per heavy atom. The molecule has 0 saturated carbocycles. The molecule has 0 bridgehead atoms. The van der Waals surface area contributed by atoms with Crippen LogP contribution in [0.4, 0.5) is 13.2 Å². The van der Waals surface area contributed by atoms with E-state index in [1.54, 1.807) is 19.2 Å². The minimum Gasteiger partial charge on any atom is -0.484 e. The highest BCUT2D eigenvalue weighted by Gasteiger charge is 2.28. The van der Waals surface area contributed by atoms with Crippen LogP contribution >= 0.6 is 24.0 Å². The van der Waals surface area contributed by atoms with E-state index in [0.29, 0.717) is 19.0 Å². The standard InChI is InChI=1S/C19H26F3N5O.HI/c1-13-17(14(2)27(4)26-13)9-10-24-18(23-3)25-11-15-5-7-16(8-6-15)28-12-19(20,21)22;/h5-8H,9-12H2,1-4H3,(H2,23,24,25);1H. The van der Waals surface area contributed by atoms with Crippen LogP contribution in [-0.4, -0.2) is 42.1 Å². The minimum absolute atomic E-state index is 0. The summed E-state index contributed by atoms with van der Waals surface area (Å²) in [4.78, 5) is 4.18. The Morgan fingerprint density at radius 3 is 2.34 bits per heavy atom. The van der Waals surface area contributed by atoms with Gasteiger partial charge in [-0.15, -0.1) is 24.0 Å². The van der Waals surface area contributed by atoms with Gasteiger partial charge in [0.05, 0.1) is 5.69 Å². The quantitative estimate of drug-likeness (QED) is 0.330. The van der Waals surface area contributed by atoms with Gasteiger partial charge in [-0.1, -0.05) is 12.1 Å². The lowest BCUT2D eigenvalue weighted by molar-refractivity contribution is -0.153. The molecule has 2 rings (SSSR count). The number of ether oxygens (including phenoxy) is 1. The molecule has 0 aliphatic rings. The number of aliphatic imine (C=N–C) groups is 1. The molecule has 0 radical (unpaired) electrons. The Hall–Kier alpha value is -1.98. The van der Waals surface area contributed by atoms with Gasteiger partial charge in [0.2, 0.25) is 0 Å². The van der Waals surface area contributed by atoms with E-state index in [1.165, 1.54) is 17.7 Å². The topological polar surface area (TPSA) is 63.5 Å². The van der Waals surface area contributed by atoms with Crippen LogP contribution in [0.1, 0.15) is 22.5 Å². The molecule has 1 aromatic carbocycles. The molecule has 162 valence electrons. The molecule has 29 heavy (non-hydrogen) atoms. The monoisotopic (exact) mass is 525 g/mol. The van der Waals surface area contributed by atoms with Crippen molar-refractivity contribution in [3.8, 4) is 5.75 Å². The average Bonchev–Trinajstić information content (AvgIpc) is 2.89. The van der Waals surface area contributed by atoms with Crippen molar-refractivity contribution in [2.75, 3.05) is 20.2 Å². The summed E-state index contributed by atoms with van der Waals surface area (Å²) >= 11 is 0. The first-order valence-corrected chi connectivity index (χ1v) is 8.91. The third-order valence-corrected chi connectivity index (χ3v) is 4.34. The molecule has 0 aliphatic carbocycles. The second-order valence-electron chi connectivity index (χ2n) is 6.42. The number of halogens is 4. The van der Waals surface area contributed by atoms with Crippen molar-refractivity contribution in [2.24, 2.45) is 12.0 Å². The maximum absolute atomic E-state index is 12.2. The van der Waals surface area contributed by atoms with E-state index in [0.717, 1.165) is 23.4 Å². The summed E-state index contributed by atoms with van der Waals surface area (Å²) in [6, 6.07) is 6.47. The Balaban J connectivity index is 0.00000420. The second-order valence-corrected chi connectivity index (χ2v) is 6.42. The molecular weight excluding hydrogens is 498 g/mol. The predicted molar refractivity (Wildman–Crippen MR) is 118 cm³/mol. The lowest BCUT2D eigenvalue weighted by Crippen LogP contribution is -2.37. The van der Waals surface area contributed by atoms with E-state index in [9.17, 15) is 13.2 Å². The van der Waals surface area contributed by atoms with Crippen molar-refractivity contribution in [1.82, 2.24) is 20.4 Å². The van der Waals surface area contributed by atoms with Crippen LogP contribution < -0.4 is 15.4 Å². The maximum atomic E-state index is 12.2. The zero-order valence-corrected chi connectivity index (χ0v) is 19.3. The molecule has 0 amide bonds. The third kappa shape index (κ3) is 8.11. The fourth-order valence-electron chi connectivity index (χ4n) is 2.76. The second kappa shape index (κ2) is 11.3. The van der Waals surface area contributed by atoms with Gasteiger partial charge >= 0.3 is 6.18 Å². The molecule has 6 nitrogen and oxygen atoms in total. The number of rotatable bonds is 7. The van der Waals surface area contributed by atoms with Gasteiger partial charge in [-0.2, -0.15) is 18.3 Å². The van der Waals surface area contributed by atoms with Gasteiger partial charge in [-0.25, -0.2) is 0 Å². The van der Waals surface area contributed by atoms with Gasteiger partial charge in [-0.3, -0.25) is 9.67 Å². The number of benzene rings is 1. The van der Waals surface area contributed by atoms with E-state index in [4.69, 9.17) is 4.74 Å². The highest BCUT2D eigenvalue weighted by molar-refractivity contribution is 14.0. The molecular formula is C19H27F3IN5O. The summed E-state index contributed by atoms with van der Waals surface area (Å²) in [5.74, 6) is 0.836. The molecule has 0 spiro atoms. The van der Waals surface area contributed by atoms with E-state index >= 15 is 0 Å². The summed E-state index contributed by atoms with van der Waals surface area (Å²) in [7, 11) is 3.61. The van der Waals surface area contributed by atoms with Crippen LogP contribution in [0.5, 0.6) is 5.75 Å². The lowest BCUT2D eigenvalue weighted by atomic mass is 10.1. The van der Waals surface area contributed by atoms with E-state index in [1.807, 2.05) is 25.6 Å². The summed E-state index contributed by atoms with van der Waals surface area (Å²) < 4.78 is 43.1. The molecule has 0 aliphatic heterocycles. The normalized spacial score (nSPS) is 11.8. The van der Waals surface area contributed by atoms with Gasteiger partial charge in [-0.05, 0) is 43.5 Å². The summed E-state index contributed by atoms with van der Waals surface area (Å²) in [5, 5.41) is 10.8. The van der Waals surface area contributed by atoms with Crippen molar-refractivity contribution in [3.05, 3.63) is 46.8 Å². The van der Waals surface area contributed by atoms with E-state index < -0.39 is 12.8 Å². The van der Waals surface area contributed by atoms with Gasteiger partial charge in [0.1, 0.15) is 5.75 Å². The number of aryl methyl sites for hydroxylation is 2. The largest absolute Gasteiger partial charge is 0.484 e. The Morgan fingerprint density at radius 1 is 1.17 bits per heavy atom. The Kier molecular flexibility index (Phi) is 9.74. The van der Waals surface area contributed by atoms with E-state index in [-0.39, 0.29) is 29.7 Å².